The molecule has 3 amide bonds. The molecule has 0 aliphatic rings. The maximum Gasteiger partial charge on any atom is 0.423 e. The molecule has 0 bridgehead atoms. The van der Waals surface area contributed by atoms with Crippen LogP contribution in [-0.4, -0.2) is 22.1 Å². The quantitative estimate of drug-likeness (QED) is 0.361. The van der Waals surface area contributed by atoms with Crippen molar-refractivity contribution in [3.05, 3.63) is 96.6 Å². The Morgan fingerprint density at radius 3 is 2.47 bits per heavy atom. The van der Waals surface area contributed by atoms with E-state index in [1.165, 1.54) is 6.07 Å². The van der Waals surface area contributed by atoms with Crippen molar-refractivity contribution < 1.29 is 18.7 Å². The number of amides is 3. The molecule has 7 nitrogen and oxygen atoms in total. The summed E-state index contributed by atoms with van der Waals surface area (Å²) in [5.41, 5.74) is 8.88. The van der Waals surface area contributed by atoms with E-state index < -0.39 is 12.1 Å². The van der Waals surface area contributed by atoms with Gasteiger partial charge in [0.05, 0.1) is 17.4 Å². The number of anilines is 1. The van der Waals surface area contributed by atoms with Gasteiger partial charge < -0.3 is 15.5 Å². The summed E-state index contributed by atoms with van der Waals surface area (Å²) >= 11 is 0. The van der Waals surface area contributed by atoms with E-state index in [0.29, 0.717) is 22.2 Å². The number of imide groups is 1. The molecule has 0 unspecified atom stereocenters. The zero-order valence-corrected chi connectivity index (χ0v) is 17.9. The normalized spacial score (nSPS) is 11.0. The number of aromatic amines is 1. The Balaban J connectivity index is 1.53. The second-order valence-electron chi connectivity index (χ2n) is 7.66. The van der Waals surface area contributed by atoms with Crippen LogP contribution < -0.4 is 10.6 Å². The van der Waals surface area contributed by atoms with Crippen molar-refractivity contribution >= 4 is 39.6 Å². The minimum Gasteiger partial charge on any atom is -0.444 e. The predicted molar refractivity (Wildman–Crippen MR) is 128 cm³/mol. The number of nitrogens with two attached hydrogens (primary N) is 1. The van der Waals surface area contributed by atoms with Crippen molar-refractivity contribution in [1.29, 1.82) is 0 Å². The lowest BCUT2D eigenvalue weighted by molar-refractivity contribution is 0.148. The molecular weight excluding hydrogens is 435 g/mol. The van der Waals surface area contributed by atoms with Crippen LogP contribution in [0.5, 0.6) is 0 Å². The van der Waals surface area contributed by atoms with Gasteiger partial charge in [-0.2, -0.15) is 4.90 Å². The van der Waals surface area contributed by atoms with Gasteiger partial charge in [-0.15, -0.1) is 0 Å². The fourth-order valence-electron chi connectivity index (χ4n) is 3.97. The van der Waals surface area contributed by atoms with E-state index in [9.17, 15) is 14.0 Å². The number of rotatable bonds is 4. The number of carbonyl (C=O) groups excluding carboxylic acids is 2. The Hall–Kier alpha value is -4.72. The van der Waals surface area contributed by atoms with Crippen LogP contribution in [0, 0.1) is 5.82 Å². The van der Waals surface area contributed by atoms with Gasteiger partial charge in [-0.1, -0.05) is 54.6 Å². The maximum absolute atomic E-state index is 14.5. The van der Waals surface area contributed by atoms with E-state index in [1.54, 1.807) is 60.9 Å². The summed E-state index contributed by atoms with van der Waals surface area (Å²) in [4.78, 5) is 33.0. The summed E-state index contributed by atoms with van der Waals surface area (Å²) in [7, 11) is 0. The molecule has 34 heavy (non-hydrogen) atoms. The molecule has 5 aromatic rings. The first-order valence-electron chi connectivity index (χ1n) is 10.5. The summed E-state index contributed by atoms with van der Waals surface area (Å²) in [6.07, 6.45) is 2.36. The molecule has 0 atom stereocenters. The molecule has 5 rings (SSSR count). The Morgan fingerprint density at radius 2 is 1.71 bits per heavy atom. The zero-order chi connectivity index (χ0) is 23.7. The van der Waals surface area contributed by atoms with Crippen molar-refractivity contribution in [2.45, 2.75) is 6.61 Å². The third-order valence-corrected chi connectivity index (χ3v) is 5.52. The highest BCUT2D eigenvalue weighted by Gasteiger charge is 2.24. The standard InChI is InChI=1S/C26H19FN4O3/c27-21-9-5-4-8-18(21)20-13-29-14-23-24(20)19-11-10-17(12-22(19)30-23)31(25(28)32)26(33)34-15-16-6-2-1-3-7-16/h1-14,30H,15H2,(H2,28,32). The Morgan fingerprint density at radius 1 is 0.941 bits per heavy atom. The van der Waals surface area contributed by atoms with Gasteiger partial charge in [0.15, 0.2) is 0 Å². The second kappa shape index (κ2) is 8.67. The lowest BCUT2D eigenvalue weighted by Gasteiger charge is -2.18. The van der Waals surface area contributed by atoms with E-state index in [4.69, 9.17) is 10.5 Å². The van der Waals surface area contributed by atoms with Crippen molar-refractivity contribution in [1.82, 2.24) is 9.97 Å². The first kappa shape index (κ1) is 21.1. The van der Waals surface area contributed by atoms with E-state index >= 15 is 0 Å². The molecule has 3 N–H and O–H groups in total. The van der Waals surface area contributed by atoms with Gasteiger partial charge in [0.25, 0.3) is 0 Å². The van der Waals surface area contributed by atoms with Gasteiger partial charge in [0.2, 0.25) is 0 Å². The summed E-state index contributed by atoms with van der Waals surface area (Å²) in [6, 6.07) is 19.6. The molecular formula is C26H19FN4O3. The highest BCUT2D eigenvalue weighted by atomic mass is 19.1. The number of urea groups is 1. The highest BCUT2D eigenvalue weighted by molar-refractivity contribution is 6.16. The lowest BCUT2D eigenvalue weighted by atomic mass is 10.0. The van der Waals surface area contributed by atoms with Gasteiger partial charge in [-0.25, -0.2) is 14.0 Å². The summed E-state index contributed by atoms with van der Waals surface area (Å²) in [6.45, 7) is -0.00421. The van der Waals surface area contributed by atoms with E-state index in [1.807, 2.05) is 18.2 Å². The van der Waals surface area contributed by atoms with Crippen LogP contribution in [0.4, 0.5) is 19.7 Å². The first-order valence-corrected chi connectivity index (χ1v) is 10.5. The molecule has 168 valence electrons. The van der Waals surface area contributed by atoms with Gasteiger partial charge in [0, 0.05) is 33.6 Å². The molecule has 8 heteroatoms. The predicted octanol–water partition coefficient (Wildman–Crippen LogP) is 5.74. The molecule has 3 aromatic carbocycles. The van der Waals surface area contributed by atoms with Crippen LogP contribution in [0.25, 0.3) is 32.9 Å². The van der Waals surface area contributed by atoms with Crippen molar-refractivity contribution in [2.24, 2.45) is 5.73 Å². The fourth-order valence-corrected chi connectivity index (χ4v) is 3.97. The van der Waals surface area contributed by atoms with Crippen LogP contribution in [0.15, 0.2) is 85.2 Å². The number of aromatic nitrogens is 2. The largest absolute Gasteiger partial charge is 0.444 e. The second-order valence-corrected chi connectivity index (χ2v) is 7.66. The summed E-state index contributed by atoms with van der Waals surface area (Å²) in [5.74, 6) is -0.358. The number of carbonyl (C=O) groups is 2. The zero-order valence-electron chi connectivity index (χ0n) is 17.9. The summed E-state index contributed by atoms with van der Waals surface area (Å²) in [5, 5.41) is 1.56. The Labute approximate surface area is 193 Å². The summed E-state index contributed by atoms with van der Waals surface area (Å²) < 4.78 is 19.8. The average Bonchev–Trinajstić information content (AvgIpc) is 3.22. The van der Waals surface area contributed by atoms with Crippen LogP contribution in [0.2, 0.25) is 0 Å². The van der Waals surface area contributed by atoms with Crippen molar-refractivity contribution in [2.75, 3.05) is 4.90 Å². The van der Waals surface area contributed by atoms with Crippen LogP contribution in [0.1, 0.15) is 5.56 Å². The Kier molecular flexibility index (Phi) is 5.39. The maximum atomic E-state index is 14.5. The lowest BCUT2D eigenvalue weighted by Crippen LogP contribution is -2.41. The number of nitrogens with one attached hydrogen (secondary N) is 1. The highest BCUT2D eigenvalue weighted by Crippen LogP contribution is 2.36. The number of H-pyrrole nitrogens is 1. The fraction of sp³-hybridized carbons (Fsp3) is 0.0385. The minimum atomic E-state index is -0.970. The van der Waals surface area contributed by atoms with Gasteiger partial charge in [-0.3, -0.25) is 4.98 Å². The molecule has 0 spiro atoms. The molecule has 2 aromatic heterocycles. The minimum absolute atomic E-state index is 0.00421. The number of nitrogens with zero attached hydrogens (tertiary/aromatic N) is 2. The van der Waals surface area contributed by atoms with E-state index in [-0.39, 0.29) is 18.1 Å². The van der Waals surface area contributed by atoms with E-state index in [2.05, 4.69) is 9.97 Å². The average molecular weight is 454 g/mol. The number of halogens is 1. The number of hydrogen-bond acceptors (Lipinski definition) is 4. The number of hydrogen-bond donors (Lipinski definition) is 2. The topological polar surface area (TPSA) is 101 Å². The number of pyridine rings is 1. The SMILES string of the molecule is NC(=O)N(C(=O)OCc1ccccc1)c1ccc2c(c1)[nH]c1cncc(-c3ccccc3F)c12. The first-order chi connectivity index (χ1) is 16.5. The third kappa shape index (κ3) is 3.81. The van der Waals surface area contributed by atoms with Crippen LogP contribution in [0.3, 0.4) is 0 Å². The number of ether oxygens (including phenoxy) is 1. The number of primary amides is 1. The van der Waals surface area contributed by atoms with Crippen LogP contribution in [-0.2, 0) is 11.3 Å². The molecule has 0 saturated carbocycles. The number of benzene rings is 3. The smallest absolute Gasteiger partial charge is 0.423 e. The monoisotopic (exact) mass is 454 g/mol. The van der Waals surface area contributed by atoms with E-state index in [0.717, 1.165) is 21.2 Å². The van der Waals surface area contributed by atoms with Crippen molar-refractivity contribution in [3.63, 3.8) is 0 Å². The molecule has 0 saturated heterocycles. The Bertz CT molecular complexity index is 1530. The number of fused-ring (bicyclic) bond motifs is 3. The molecule has 0 aliphatic heterocycles. The van der Waals surface area contributed by atoms with Crippen molar-refractivity contribution in [3.8, 4) is 11.1 Å². The third-order valence-electron chi connectivity index (χ3n) is 5.52. The molecule has 2 heterocycles. The van der Waals surface area contributed by atoms with Crippen LogP contribution >= 0.6 is 0 Å². The van der Waals surface area contributed by atoms with Gasteiger partial charge in [0.1, 0.15) is 12.4 Å². The van der Waals surface area contributed by atoms with Gasteiger partial charge in [-0.05, 0) is 23.8 Å². The molecule has 0 radical (unpaired) electrons. The van der Waals surface area contributed by atoms with Gasteiger partial charge >= 0.3 is 12.1 Å². The molecule has 0 fully saturated rings. The molecule has 0 aliphatic carbocycles.